The maximum atomic E-state index is 12.7. The predicted molar refractivity (Wildman–Crippen MR) is 147 cm³/mol. The van der Waals surface area contributed by atoms with Gasteiger partial charge in [-0.15, -0.1) is 0 Å². The summed E-state index contributed by atoms with van der Waals surface area (Å²) in [4.78, 5) is 50.3. The fraction of sp³-hybridized carbons (Fsp3) is 0.161. The molecule has 1 aliphatic rings. The number of fused-ring (bicyclic) bond motifs is 1. The number of nitrogens with one attached hydrogen (secondary N) is 1. The van der Waals surface area contributed by atoms with Crippen molar-refractivity contribution in [3.8, 4) is 11.5 Å². The first-order valence-corrected chi connectivity index (χ1v) is 12.5. The van der Waals surface area contributed by atoms with Gasteiger partial charge in [0.15, 0.2) is 12.4 Å². The molecule has 0 saturated carbocycles. The molecule has 1 aliphatic heterocycles. The Labute approximate surface area is 225 Å². The van der Waals surface area contributed by atoms with Crippen molar-refractivity contribution >= 4 is 45.7 Å². The van der Waals surface area contributed by atoms with Crippen LogP contribution in [0.5, 0.6) is 11.5 Å². The van der Waals surface area contributed by atoms with Crippen LogP contribution in [-0.4, -0.2) is 36.7 Å². The summed E-state index contributed by atoms with van der Waals surface area (Å²) >= 11 is 0. The molecular formula is C31H26N2O6. The standard InChI is InChI=1S/C31H26N2O6/c1-20(34)21-9-11-24(12-10-21)32-29(35)19-38-31(37)23-17-30(36)33(18-23)25-13-15-26(16-14-25)39-28-8-4-6-22-5-2-3-7-27(22)28/h2-16,23H,17-19H2,1H3,(H,32,35)/t23-/m1/s1. The molecule has 1 heterocycles. The lowest BCUT2D eigenvalue weighted by molar-refractivity contribution is -0.151. The van der Waals surface area contributed by atoms with E-state index in [1.807, 2.05) is 42.5 Å². The Morgan fingerprint density at radius 3 is 2.36 bits per heavy atom. The van der Waals surface area contributed by atoms with Gasteiger partial charge >= 0.3 is 5.97 Å². The van der Waals surface area contributed by atoms with Gasteiger partial charge in [-0.25, -0.2) is 0 Å². The summed E-state index contributed by atoms with van der Waals surface area (Å²) < 4.78 is 11.2. The summed E-state index contributed by atoms with van der Waals surface area (Å²) in [7, 11) is 0. The highest BCUT2D eigenvalue weighted by atomic mass is 16.5. The molecule has 1 fully saturated rings. The molecule has 39 heavy (non-hydrogen) atoms. The van der Waals surface area contributed by atoms with Gasteiger partial charge in [0, 0.05) is 35.3 Å². The number of carbonyl (C=O) groups is 4. The Hall–Kier alpha value is -4.98. The minimum Gasteiger partial charge on any atom is -0.457 e. The van der Waals surface area contributed by atoms with Crippen LogP contribution in [0.4, 0.5) is 11.4 Å². The Kier molecular flexibility index (Phi) is 7.36. The second kappa shape index (κ2) is 11.2. The molecule has 0 bridgehead atoms. The zero-order valence-corrected chi connectivity index (χ0v) is 21.3. The number of ether oxygens (including phenoxy) is 2. The molecule has 0 aliphatic carbocycles. The molecule has 1 N–H and O–H groups in total. The average Bonchev–Trinajstić information content (AvgIpc) is 3.34. The summed E-state index contributed by atoms with van der Waals surface area (Å²) in [6.07, 6.45) is 0.00121. The van der Waals surface area contributed by atoms with Crippen molar-refractivity contribution in [2.45, 2.75) is 13.3 Å². The van der Waals surface area contributed by atoms with Crippen molar-refractivity contribution in [2.75, 3.05) is 23.4 Å². The summed E-state index contributed by atoms with van der Waals surface area (Å²) in [6, 6.07) is 27.3. The second-order valence-electron chi connectivity index (χ2n) is 9.27. The minimum atomic E-state index is -0.674. The highest BCUT2D eigenvalue weighted by Crippen LogP contribution is 2.32. The Bertz CT molecular complexity index is 1540. The molecular weight excluding hydrogens is 496 g/mol. The van der Waals surface area contributed by atoms with E-state index in [0.717, 1.165) is 16.5 Å². The van der Waals surface area contributed by atoms with Crippen molar-refractivity contribution in [1.82, 2.24) is 0 Å². The number of Topliss-reactive ketones (excluding diaryl/α,β-unsaturated/α-hetero) is 1. The van der Waals surface area contributed by atoms with E-state index >= 15 is 0 Å². The topological polar surface area (TPSA) is 102 Å². The highest BCUT2D eigenvalue weighted by Gasteiger charge is 2.36. The molecule has 4 aromatic rings. The SMILES string of the molecule is CC(=O)c1ccc(NC(=O)COC(=O)[C@@H]2CC(=O)N(c3ccc(Oc4cccc5ccccc45)cc3)C2)cc1. The molecule has 0 spiro atoms. The van der Waals surface area contributed by atoms with Gasteiger partial charge in [0.05, 0.1) is 5.92 Å². The first-order chi connectivity index (χ1) is 18.9. The number of amides is 2. The van der Waals surface area contributed by atoms with Crippen molar-refractivity contribution in [1.29, 1.82) is 0 Å². The molecule has 0 aromatic heterocycles. The van der Waals surface area contributed by atoms with Crippen LogP contribution in [0, 0.1) is 5.92 Å². The number of benzene rings is 4. The highest BCUT2D eigenvalue weighted by molar-refractivity contribution is 6.00. The first-order valence-electron chi connectivity index (χ1n) is 12.5. The van der Waals surface area contributed by atoms with Crippen LogP contribution < -0.4 is 15.0 Å². The van der Waals surface area contributed by atoms with Gasteiger partial charge in [-0.05, 0) is 66.9 Å². The van der Waals surface area contributed by atoms with Crippen molar-refractivity contribution in [3.63, 3.8) is 0 Å². The first kappa shape index (κ1) is 25.7. The van der Waals surface area contributed by atoms with Gasteiger partial charge in [0.2, 0.25) is 5.91 Å². The number of hydrogen-bond acceptors (Lipinski definition) is 6. The minimum absolute atomic E-state index is 0.00121. The Morgan fingerprint density at radius 1 is 0.897 bits per heavy atom. The van der Waals surface area contributed by atoms with Gasteiger partial charge in [0.1, 0.15) is 11.5 Å². The fourth-order valence-corrected chi connectivity index (χ4v) is 4.46. The fourth-order valence-electron chi connectivity index (χ4n) is 4.46. The molecule has 196 valence electrons. The number of carbonyl (C=O) groups excluding carboxylic acids is 4. The van der Waals surface area contributed by atoms with Crippen LogP contribution in [0.2, 0.25) is 0 Å². The quantitative estimate of drug-likeness (QED) is 0.247. The zero-order valence-electron chi connectivity index (χ0n) is 21.3. The molecule has 0 unspecified atom stereocenters. The number of hydrogen-bond donors (Lipinski definition) is 1. The number of anilines is 2. The van der Waals surface area contributed by atoms with Crippen LogP contribution in [0.3, 0.4) is 0 Å². The van der Waals surface area contributed by atoms with Crippen LogP contribution in [-0.2, 0) is 19.1 Å². The molecule has 2 amide bonds. The van der Waals surface area contributed by atoms with Gasteiger partial charge in [-0.3, -0.25) is 19.2 Å². The molecule has 5 rings (SSSR count). The largest absolute Gasteiger partial charge is 0.457 e. The third-order valence-electron chi connectivity index (χ3n) is 6.50. The lowest BCUT2D eigenvalue weighted by Gasteiger charge is -2.17. The molecule has 0 radical (unpaired) electrons. The lowest BCUT2D eigenvalue weighted by Crippen LogP contribution is -2.28. The third-order valence-corrected chi connectivity index (χ3v) is 6.50. The summed E-state index contributed by atoms with van der Waals surface area (Å²) in [5, 5.41) is 4.69. The van der Waals surface area contributed by atoms with E-state index in [4.69, 9.17) is 9.47 Å². The van der Waals surface area contributed by atoms with Crippen molar-refractivity contribution in [2.24, 2.45) is 5.92 Å². The van der Waals surface area contributed by atoms with Crippen LogP contribution in [0.15, 0.2) is 91.0 Å². The number of nitrogens with zero attached hydrogens (tertiary/aromatic N) is 1. The summed E-state index contributed by atoms with van der Waals surface area (Å²) in [5.41, 5.74) is 1.66. The lowest BCUT2D eigenvalue weighted by atomic mass is 10.1. The van der Waals surface area contributed by atoms with Crippen LogP contribution >= 0.6 is 0 Å². The number of rotatable bonds is 8. The molecule has 8 heteroatoms. The van der Waals surface area contributed by atoms with E-state index in [9.17, 15) is 19.2 Å². The summed E-state index contributed by atoms with van der Waals surface area (Å²) in [6.45, 7) is 1.15. The Morgan fingerprint density at radius 2 is 1.62 bits per heavy atom. The number of ketones is 1. The van der Waals surface area contributed by atoms with Crippen molar-refractivity contribution < 1.29 is 28.7 Å². The smallest absolute Gasteiger partial charge is 0.311 e. The third kappa shape index (κ3) is 5.96. The maximum absolute atomic E-state index is 12.7. The predicted octanol–water partition coefficient (Wildman–Crippen LogP) is 5.37. The average molecular weight is 523 g/mol. The monoisotopic (exact) mass is 522 g/mol. The van der Waals surface area contributed by atoms with Crippen LogP contribution in [0.25, 0.3) is 10.8 Å². The summed E-state index contributed by atoms with van der Waals surface area (Å²) in [5.74, 6) is -0.711. The molecule has 1 atom stereocenters. The second-order valence-corrected chi connectivity index (χ2v) is 9.27. The van der Waals surface area contributed by atoms with Gasteiger partial charge in [0.25, 0.3) is 5.91 Å². The van der Waals surface area contributed by atoms with E-state index in [1.54, 1.807) is 48.5 Å². The van der Waals surface area contributed by atoms with Crippen molar-refractivity contribution in [3.05, 3.63) is 96.6 Å². The maximum Gasteiger partial charge on any atom is 0.311 e. The van der Waals surface area contributed by atoms with E-state index < -0.39 is 24.4 Å². The van der Waals surface area contributed by atoms with E-state index in [1.165, 1.54) is 11.8 Å². The number of esters is 1. The van der Waals surface area contributed by atoms with E-state index in [-0.39, 0.29) is 24.7 Å². The van der Waals surface area contributed by atoms with Gasteiger partial charge < -0.3 is 19.7 Å². The van der Waals surface area contributed by atoms with E-state index in [0.29, 0.717) is 22.7 Å². The molecule has 1 saturated heterocycles. The normalized spacial score (nSPS) is 14.7. The van der Waals surface area contributed by atoms with Crippen LogP contribution in [0.1, 0.15) is 23.7 Å². The molecule has 4 aromatic carbocycles. The molecule has 8 nitrogen and oxygen atoms in total. The van der Waals surface area contributed by atoms with Gasteiger partial charge in [-0.2, -0.15) is 0 Å². The zero-order chi connectivity index (χ0) is 27.4. The Balaban J connectivity index is 1.15. The van der Waals surface area contributed by atoms with Gasteiger partial charge in [-0.1, -0.05) is 36.4 Å². The van der Waals surface area contributed by atoms with E-state index in [2.05, 4.69) is 5.32 Å².